The van der Waals surface area contributed by atoms with Gasteiger partial charge in [0.15, 0.2) is 17.5 Å². The number of nitriles is 2. The van der Waals surface area contributed by atoms with E-state index in [0.717, 1.165) is 169 Å². The molecule has 107 heavy (non-hydrogen) atoms. The second kappa shape index (κ2) is 30.3. The van der Waals surface area contributed by atoms with Crippen molar-refractivity contribution in [2.45, 2.75) is 117 Å². The monoisotopic (exact) mass is 1420 g/mol. The van der Waals surface area contributed by atoms with Gasteiger partial charge < -0.3 is 49.3 Å². The lowest BCUT2D eigenvalue weighted by molar-refractivity contribution is 0.315. The van der Waals surface area contributed by atoms with Crippen LogP contribution in [0.5, 0.6) is 0 Å². The van der Waals surface area contributed by atoms with E-state index in [0.29, 0.717) is 41.2 Å². The van der Waals surface area contributed by atoms with E-state index in [1.807, 2.05) is 98.8 Å². The molecule has 7 aromatic heterocycles. The minimum absolute atomic E-state index is 0.223. The Kier molecular flexibility index (Phi) is 19.9. The Balaban J connectivity index is 0.000000123. The molecule has 4 atom stereocenters. The summed E-state index contributed by atoms with van der Waals surface area (Å²) >= 11 is 0. The number of halogens is 1. The van der Waals surface area contributed by atoms with Gasteiger partial charge in [-0.3, -0.25) is 13.7 Å². The van der Waals surface area contributed by atoms with Crippen molar-refractivity contribution in [1.29, 1.82) is 10.5 Å². The minimum atomic E-state index is -0.223. The average molecular weight is 1430 g/mol. The number of benzene rings is 5. The van der Waals surface area contributed by atoms with E-state index in [2.05, 4.69) is 211 Å². The third kappa shape index (κ3) is 14.3. The third-order valence-electron chi connectivity index (χ3n) is 22.7. The summed E-state index contributed by atoms with van der Waals surface area (Å²) in [5.74, 6) is 4.17. The van der Waals surface area contributed by atoms with Crippen molar-refractivity contribution in [2.24, 2.45) is 5.92 Å². The van der Waals surface area contributed by atoms with Crippen LogP contribution < -0.4 is 30.7 Å². The summed E-state index contributed by atoms with van der Waals surface area (Å²) in [4.78, 5) is 24.2. The molecule has 0 aliphatic carbocycles. The molecule has 6 aliphatic heterocycles. The van der Waals surface area contributed by atoms with Crippen LogP contribution in [0.1, 0.15) is 99.7 Å². The van der Waals surface area contributed by atoms with E-state index < -0.39 is 0 Å². The highest BCUT2D eigenvalue weighted by Gasteiger charge is 2.32. The molecular formula is C86H93FN20. The van der Waals surface area contributed by atoms with Crippen LogP contribution in [0, 0.1) is 34.4 Å². The van der Waals surface area contributed by atoms with Crippen LogP contribution in [0.2, 0.25) is 0 Å². The summed E-state index contributed by atoms with van der Waals surface area (Å²) in [7, 11) is 6.32. The summed E-state index contributed by atoms with van der Waals surface area (Å²) in [5.41, 5.74) is 21.9. The topological polar surface area (TPSA) is 191 Å². The first-order valence-electron chi connectivity index (χ1n) is 38.0. The van der Waals surface area contributed by atoms with Gasteiger partial charge >= 0.3 is 0 Å². The Morgan fingerprint density at radius 1 is 0.561 bits per heavy atom. The molecule has 20 nitrogen and oxygen atoms in total. The lowest BCUT2D eigenvalue weighted by Crippen LogP contribution is -2.45. The quantitative estimate of drug-likeness (QED) is 0.0828. The Morgan fingerprint density at radius 2 is 1.13 bits per heavy atom. The van der Waals surface area contributed by atoms with Crippen molar-refractivity contribution < 1.29 is 4.39 Å². The summed E-state index contributed by atoms with van der Waals surface area (Å²) in [6.07, 6.45) is 23.2. The highest BCUT2D eigenvalue weighted by Crippen LogP contribution is 2.41. The zero-order valence-corrected chi connectivity index (χ0v) is 62.2. The van der Waals surface area contributed by atoms with Crippen molar-refractivity contribution in [2.75, 3.05) is 81.7 Å². The van der Waals surface area contributed by atoms with Crippen molar-refractivity contribution >= 4 is 17.2 Å². The Morgan fingerprint density at radius 3 is 1.74 bits per heavy atom. The molecule has 0 unspecified atom stereocenters. The van der Waals surface area contributed by atoms with Crippen LogP contribution in [0.15, 0.2) is 183 Å². The number of likely N-dealkylation sites (N-methyl/N-ethyl adjacent to an activating group) is 1. The van der Waals surface area contributed by atoms with Gasteiger partial charge in [-0.2, -0.15) is 10.5 Å². The molecule has 3 N–H and O–H groups in total. The van der Waals surface area contributed by atoms with E-state index >= 15 is 0 Å². The number of imidazole rings is 2. The molecule has 3 saturated heterocycles. The molecular weight excluding hydrogens is 1330 g/mol. The number of hydrogen-bond acceptors (Lipinski definition) is 14. The summed E-state index contributed by atoms with van der Waals surface area (Å²) in [6.45, 7) is 19.5. The van der Waals surface area contributed by atoms with Crippen LogP contribution in [0.25, 0.3) is 85.0 Å². The van der Waals surface area contributed by atoms with Crippen LogP contribution in [-0.2, 0) is 26.2 Å². The zero-order valence-electron chi connectivity index (χ0n) is 62.2. The smallest absolute Gasteiger partial charge is 0.185 e. The minimum Gasteiger partial charge on any atom is -0.371 e. The number of fused-ring (bicyclic) bond motifs is 15. The Bertz CT molecular complexity index is 5240. The molecule has 0 amide bonds. The maximum Gasteiger partial charge on any atom is 0.185 e. The van der Waals surface area contributed by atoms with E-state index in [1.54, 1.807) is 0 Å². The number of aromatic nitrogens is 11. The fourth-order valence-corrected chi connectivity index (χ4v) is 16.2. The lowest BCUT2D eigenvalue weighted by atomic mass is 10.0. The summed E-state index contributed by atoms with van der Waals surface area (Å²) < 4.78 is 26.8. The maximum absolute atomic E-state index is 13.5. The molecule has 3 fully saturated rings. The van der Waals surface area contributed by atoms with Gasteiger partial charge in [0, 0.05) is 154 Å². The van der Waals surface area contributed by atoms with Crippen LogP contribution >= 0.6 is 0 Å². The molecule has 0 bridgehead atoms. The number of anilines is 3. The molecule has 0 spiro atoms. The summed E-state index contributed by atoms with van der Waals surface area (Å²) in [5, 5.41) is 37.8. The molecule has 12 aromatic rings. The van der Waals surface area contributed by atoms with E-state index in [1.165, 1.54) is 78.0 Å². The normalized spacial score (nSPS) is 16.6. The van der Waals surface area contributed by atoms with Gasteiger partial charge in [0.2, 0.25) is 0 Å². The lowest BCUT2D eigenvalue weighted by Gasteiger charge is -2.35. The molecule has 13 heterocycles. The molecule has 6 aliphatic rings. The van der Waals surface area contributed by atoms with Gasteiger partial charge in [-0.25, -0.2) is 19.3 Å². The number of nitrogens with one attached hydrogen (secondary N) is 3. The standard InChI is InChI=1S/2C29H31N7.C28H31FN6/c1-31-15-26-16-32-29-28-13-22(21-6-4-20(14-30)5-7-21)17-35(28)18-23-12-24(8-9-27(23)36(26)29)34-11-10-25(19-34)33(2)3;1-3-20(2)32-25-10-12-34(13-11-25)26-8-9-27-24(14-26)18-35-17-23(22-6-4-21(16-30)5-7-22)15-28(35)29-33-31-19-36(27)29;1-3-19(2)31-14-20-8-10-33(16-20)27-13-23-18-34-17-22(21-4-6-24(29)7-5-21)12-25(34)28-30-9-11-35(28)26(23)15-32-27/h4-9,12-13,16-17,25,31H,10-11,15,18-19H2,1-3H3;4-9,14-15,17,19-20,25,32H,3,10-13,18H2,1-2H3;4-7,9,11-13,15,17,19-20,31H,3,8,10,14,16,18H2,1-2H3/t25-;20-;19-,20-/m111/s1. The predicted octanol–water partition coefficient (Wildman–Crippen LogP) is 14.2. The first-order valence-corrected chi connectivity index (χ1v) is 38.0. The van der Waals surface area contributed by atoms with Gasteiger partial charge in [0.25, 0.3) is 0 Å². The second-order valence-corrected chi connectivity index (χ2v) is 29.9. The summed E-state index contributed by atoms with van der Waals surface area (Å²) in [6, 6.07) is 51.5. The SMILES string of the molecule is CC[C@@H](C)NC1CCN(c2ccc3c(c2)Cn2cc(-c4ccc(C#N)cc4)cc2-c2nncn2-3)CC1.CC[C@@H](C)NC[C@H]1CCN(c2cc3c(cn2)-n2ccnc2-c2cc(-c4ccc(F)cc4)cn2C3)C1.CNCc1cnc2n1-c1ccc(N3CC[C@@H](N(C)C)C3)cc1Cn1cc(-c3ccc(C#N)cc3)cc1-2. The van der Waals surface area contributed by atoms with Crippen LogP contribution in [0.3, 0.4) is 0 Å². The van der Waals surface area contributed by atoms with Crippen molar-refractivity contribution in [1.82, 2.24) is 73.4 Å². The first kappa shape index (κ1) is 70.1. The highest BCUT2D eigenvalue weighted by molar-refractivity contribution is 5.76. The predicted molar refractivity (Wildman–Crippen MR) is 423 cm³/mol. The third-order valence-corrected chi connectivity index (χ3v) is 22.7. The van der Waals surface area contributed by atoms with E-state index in [4.69, 9.17) is 15.2 Å². The van der Waals surface area contributed by atoms with Gasteiger partial charge in [0.1, 0.15) is 18.0 Å². The number of piperidine rings is 1. The van der Waals surface area contributed by atoms with Crippen molar-refractivity contribution in [3.05, 3.63) is 222 Å². The number of rotatable bonds is 16. The number of pyridine rings is 1. The Labute approximate surface area is 626 Å². The zero-order chi connectivity index (χ0) is 73.4. The molecule has 21 heteroatoms. The average Bonchev–Trinajstić information content (AvgIpc) is 1.61. The van der Waals surface area contributed by atoms with Crippen molar-refractivity contribution in [3.8, 4) is 97.1 Å². The van der Waals surface area contributed by atoms with Gasteiger partial charge in [0.05, 0.1) is 75.5 Å². The van der Waals surface area contributed by atoms with Gasteiger partial charge in [-0.15, -0.1) is 10.2 Å². The van der Waals surface area contributed by atoms with E-state index in [9.17, 15) is 9.65 Å². The number of nitrogens with zero attached hydrogens (tertiary/aromatic N) is 17. The number of hydrogen-bond donors (Lipinski definition) is 3. The fraction of sp³-hybridized carbons (Fsp3) is 0.337. The Hall–Kier alpha value is -11.2. The molecule has 0 radical (unpaired) electrons. The first-order chi connectivity index (χ1) is 52.3. The van der Waals surface area contributed by atoms with Gasteiger partial charge in [-0.1, -0.05) is 50.2 Å². The fourth-order valence-electron chi connectivity index (χ4n) is 16.2. The molecule has 5 aromatic carbocycles. The van der Waals surface area contributed by atoms with Crippen molar-refractivity contribution in [3.63, 3.8) is 0 Å². The van der Waals surface area contributed by atoms with E-state index in [-0.39, 0.29) is 5.82 Å². The molecule has 18 rings (SSSR count). The van der Waals surface area contributed by atoms with Crippen LogP contribution in [-0.4, -0.2) is 149 Å². The second-order valence-electron chi connectivity index (χ2n) is 29.9. The largest absolute Gasteiger partial charge is 0.371 e. The molecule has 0 saturated carbocycles. The van der Waals surface area contributed by atoms with Gasteiger partial charge in [-0.05, 0) is 211 Å². The molecule has 544 valence electrons. The maximum atomic E-state index is 13.5. The van der Waals surface area contributed by atoms with Crippen LogP contribution in [0.4, 0.5) is 21.6 Å². The highest BCUT2D eigenvalue weighted by atomic mass is 19.1.